The summed E-state index contributed by atoms with van der Waals surface area (Å²) in [7, 11) is 0. The van der Waals surface area contributed by atoms with Crippen molar-refractivity contribution in [3.8, 4) is 12.3 Å². The summed E-state index contributed by atoms with van der Waals surface area (Å²) in [6.07, 6.45) is 9.03. The average molecular weight is 306 g/mol. The molecule has 1 aliphatic carbocycles. The van der Waals surface area contributed by atoms with E-state index in [1.807, 2.05) is 24.3 Å². The normalized spacial score (nSPS) is 17.7. The molecule has 0 aliphatic heterocycles. The van der Waals surface area contributed by atoms with Crippen molar-refractivity contribution in [2.45, 2.75) is 31.3 Å². The Kier molecular flexibility index (Phi) is 4.27. The molecule has 1 atom stereocenters. The lowest BCUT2D eigenvalue weighted by Crippen LogP contribution is -2.36. The molecule has 0 heterocycles. The molecule has 1 saturated carbocycles. The van der Waals surface area contributed by atoms with Gasteiger partial charge in [-0.3, -0.25) is 4.99 Å². The summed E-state index contributed by atoms with van der Waals surface area (Å²) in [5.41, 5.74) is 6.87. The Hall–Kier alpha value is -1.47. The third kappa shape index (κ3) is 3.27. The number of rotatable bonds is 3. The van der Waals surface area contributed by atoms with Gasteiger partial charge < -0.3 is 11.1 Å². The smallest absolute Gasteiger partial charge is 0.190 e. The number of nitrogens with zero attached hydrogens (tertiary/aromatic N) is 1. The fourth-order valence-electron chi connectivity index (χ4n) is 1.77. The van der Waals surface area contributed by atoms with Crippen LogP contribution in [0, 0.1) is 12.3 Å². The Bertz CT molecular complexity index is 469. The van der Waals surface area contributed by atoms with E-state index in [2.05, 4.69) is 32.2 Å². The monoisotopic (exact) mass is 305 g/mol. The Labute approximate surface area is 116 Å². The first-order valence-corrected chi connectivity index (χ1v) is 6.80. The van der Waals surface area contributed by atoms with Gasteiger partial charge in [-0.25, -0.2) is 0 Å². The van der Waals surface area contributed by atoms with E-state index in [0.717, 1.165) is 22.9 Å². The van der Waals surface area contributed by atoms with Crippen LogP contribution >= 0.6 is 15.9 Å². The maximum absolute atomic E-state index is 5.86. The SMILES string of the molecule is C#CC(NC(N)=NC1CCC1)c1ccc(Br)cc1. The van der Waals surface area contributed by atoms with E-state index >= 15 is 0 Å². The van der Waals surface area contributed by atoms with Crippen LogP contribution in [0.4, 0.5) is 0 Å². The van der Waals surface area contributed by atoms with Crippen molar-refractivity contribution in [1.29, 1.82) is 0 Å². The van der Waals surface area contributed by atoms with Crippen LogP contribution in [0.2, 0.25) is 0 Å². The third-order valence-electron chi connectivity index (χ3n) is 3.06. The molecule has 18 heavy (non-hydrogen) atoms. The second-order valence-electron chi connectivity index (χ2n) is 4.39. The van der Waals surface area contributed by atoms with E-state index in [9.17, 15) is 0 Å². The molecule has 4 heteroatoms. The lowest BCUT2D eigenvalue weighted by Gasteiger charge is -2.22. The zero-order chi connectivity index (χ0) is 13.0. The first-order valence-electron chi connectivity index (χ1n) is 6.00. The van der Waals surface area contributed by atoms with E-state index in [1.165, 1.54) is 6.42 Å². The number of nitrogens with one attached hydrogen (secondary N) is 1. The molecule has 1 aliphatic rings. The molecule has 3 nitrogen and oxygen atoms in total. The summed E-state index contributed by atoms with van der Waals surface area (Å²) in [5.74, 6) is 3.13. The number of benzene rings is 1. The van der Waals surface area contributed by atoms with Gasteiger partial charge >= 0.3 is 0 Å². The minimum absolute atomic E-state index is 0.234. The van der Waals surface area contributed by atoms with Crippen molar-refractivity contribution in [3.05, 3.63) is 34.3 Å². The Morgan fingerprint density at radius 1 is 1.44 bits per heavy atom. The van der Waals surface area contributed by atoms with Crippen LogP contribution in [0.3, 0.4) is 0 Å². The fraction of sp³-hybridized carbons (Fsp3) is 0.357. The summed E-state index contributed by atoms with van der Waals surface area (Å²) in [5, 5.41) is 3.08. The first kappa shape index (κ1) is 13.0. The highest BCUT2D eigenvalue weighted by Crippen LogP contribution is 2.22. The summed E-state index contributed by atoms with van der Waals surface area (Å²) >= 11 is 3.40. The highest BCUT2D eigenvalue weighted by Gasteiger charge is 2.17. The molecule has 1 aromatic rings. The van der Waals surface area contributed by atoms with Crippen LogP contribution in [0.5, 0.6) is 0 Å². The first-order chi connectivity index (χ1) is 8.69. The van der Waals surface area contributed by atoms with E-state index < -0.39 is 0 Å². The number of terminal acetylenes is 1. The highest BCUT2D eigenvalue weighted by molar-refractivity contribution is 9.10. The largest absolute Gasteiger partial charge is 0.370 e. The summed E-state index contributed by atoms with van der Waals surface area (Å²) in [6.45, 7) is 0. The van der Waals surface area contributed by atoms with Gasteiger partial charge in [0.25, 0.3) is 0 Å². The van der Waals surface area contributed by atoms with E-state index in [1.54, 1.807) is 0 Å². The van der Waals surface area contributed by atoms with Gasteiger partial charge in [0, 0.05) is 4.47 Å². The topological polar surface area (TPSA) is 50.4 Å². The van der Waals surface area contributed by atoms with E-state index in [0.29, 0.717) is 12.0 Å². The van der Waals surface area contributed by atoms with Crippen LogP contribution < -0.4 is 11.1 Å². The van der Waals surface area contributed by atoms with Crippen LogP contribution in [0.1, 0.15) is 30.9 Å². The molecule has 1 unspecified atom stereocenters. The molecule has 3 N–H and O–H groups in total. The van der Waals surface area contributed by atoms with Crippen LogP contribution in [-0.2, 0) is 0 Å². The Morgan fingerprint density at radius 2 is 2.11 bits per heavy atom. The quantitative estimate of drug-likeness (QED) is 0.512. The fourth-order valence-corrected chi connectivity index (χ4v) is 2.04. The zero-order valence-corrected chi connectivity index (χ0v) is 11.7. The van der Waals surface area contributed by atoms with Crippen molar-refractivity contribution in [1.82, 2.24) is 5.32 Å². The van der Waals surface area contributed by atoms with Crippen molar-refractivity contribution in [3.63, 3.8) is 0 Å². The molecule has 1 aromatic carbocycles. The van der Waals surface area contributed by atoms with Gasteiger partial charge in [-0.05, 0) is 37.0 Å². The summed E-state index contributed by atoms with van der Waals surface area (Å²) < 4.78 is 1.03. The van der Waals surface area contributed by atoms with Gasteiger partial charge in [-0.2, -0.15) is 0 Å². The molecule has 0 saturated heterocycles. The van der Waals surface area contributed by atoms with Crippen LogP contribution in [0.15, 0.2) is 33.7 Å². The molecule has 94 valence electrons. The van der Waals surface area contributed by atoms with Gasteiger partial charge in [-0.1, -0.05) is 34.0 Å². The Balaban J connectivity index is 2.03. The molecule has 2 rings (SSSR count). The molecule has 0 radical (unpaired) electrons. The zero-order valence-electron chi connectivity index (χ0n) is 10.1. The molecule has 0 bridgehead atoms. The van der Waals surface area contributed by atoms with Crippen LogP contribution in [-0.4, -0.2) is 12.0 Å². The summed E-state index contributed by atoms with van der Waals surface area (Å²) in [6, 6.07) is 8.00. The predicted molar refractivity (Wildman–Crippen MR) is 78.1 cm³/mol. The minimum Gasteiger partial charge on any atom is -0.370 e. The van der Waals surface area contributed by atoms with Crippen molar-refractivity contribution in [2.75, 3.05) is 0 Å². The van der Waals surface area contributed by atoms with Crippen LogP contribution in [0.25, 0.3) is 0 Å². The number of nitrogens with two attached hydrogens (primary N) is 1. The van der Waals surface area contributed by atoms with Gasteiger partial charge in [0.2, 0.25) is 0 Å². The molecular weight excluding hydrogens is 290 g/mol. The number of guanidine groups is 1. The second-order valence-corrected chi connectivity index (χ2v) is 5.31. The second kappa shape index (κ2) is 5.92. The molecular formula is C14H16BrN3. The molecule has 0 aromatic heterocycles. The van der Waals surface area contributed by atoms with Crippen molar-refractivity contribution in [2.24, 2.45) is 10.7 Å². The number of aliphatic imine (C=N–C) groups is 1. The molecule has 0 spiro atoms. The summed E-state index contributed by atoms with van der Waals surface area (Å²) in [4.78, 5) is 4.39. The van der Waals surface area contributed by atoms with E-state index in [-0.39, 0.29) is 6.04 Å². The van der Waals surface area contributed by atoms with Gasteiger partial charge in [-0.15, -0.1) is 6.42 Å². The lowest BCUT2D eigenvalue weighted by molar-refractivity contribution is 0.418. The maximum Gasteiger partial charge on any atom is 0.190 e. The van der Waals surface area contributed by atoms with Gasteiger partial charge in [0.15, 0.2) is 5.96 Å². The van der Waals surface area contributed by atoms with E-state index in [4.69, 9.17) is 12.2 Å². The average Bonchev–Trinajstić information content (AvgIpc) is 2.32. The van der Waals surface area contributed by atoms with Crippen molar-refractivity contribution < 1.29 is 0 Å². The van der Waals surface area contributed by atoms with Gasteiger partial charge in [0.05, 0.1) is 6.04 Å². The number of hydrogen-bond acceptors (Lipinski definition) is 1. The maximum atomic E-state index is 5.86. The standard InChI is InChI=1S/C14H16BrN3/c1-2-13(10-6-8-11(15)9-7-10)18-14(16)17-12-4-3-5-12/h1,6-9,12-13H,3-5H2,(H3,16,17,18). The van der Waals surface area contributed by atoms with Crippen molar-refractivity contribution >= 4 is 21.9 Å². The highest BCUT2D eigenvalue weighted by atomic mass is 79.9. The predicted octanol–water partition coefficient (Wildman–Crippen LogP) is 2.58. The number of halogens is 1. The third-order valence-corrected chi connectivity index (χ3v) is 3.59. The van der Waals surface area contributed by atoms with Gasteiger partial charge in [0.1, 0.15) is 6.04 Å². The lowest BCUT2D eigenvalue weighted by atomic mass is 9.94. The molecule has 1 fully saturated rings. The molecule has 0 amide bonds. The Morgan fingerprint density at radius 3 is 2.61 bits per heavy atom. The number of hydrogen-bond donors (Lipinski definition) is 2. The minimum atomic E-state index is -0.234.